The standard InChI is InChI=1S/C19H18N2O2/c1-14(23-18-9-5-4-7-16(18)12-20)19(22)21-11-10-15-6-2-3-8-17(15)13-21/h2-9,14H,10-11,13H2,1H3. The summed E-state index contributed by atoms with van der Waals surface area (Å²) >= 11 is 0. The van der Waals surface area contributed by atoms with Gasteiger partial charge in [0.15, 0.2) is 6.10 Å². The number of amides is 1. The summed E-state index contributed by atoms with van der Waals surface area (Å²) in [6, 6.07) is 17.3. The average molecular weight is 306 g/mol. The number of nitriles is 1. The summed E-state index contributed by atoms with van der Waals surface area (Å²) in [7, 11) is 0. The van der Waals surface area contributed by atoms with E-state index < -0.39 is 6.10 Å². The van der Waals surface area contributed by atoms with Crippen LogP contribution in [0.2, 0.25) is 0 Å². The lowest BCUT2D eigenvalue weighted by Crippen LogP contribution is -2.43. The van der Waals surface area contributed by atoms with Gasteiger partial charge in [0.05, 0.1) is 5.56 Å². The van der Waals surface area contributed by atoms with Gasteiger partial charge in [-0.25, -0.2) is 0 Å². The van der Waals surface area contributed by atoms with Crippen LogP contribution in [0.25, 0.3) is 0 Å². The molecule has 2 aromatic rings. The van der Waals surface area contributed by atoms with E-state index in [4.69, 9.17) is 10.00 Å². The van der Waals surface area contributed by atoms with Crippen molar-refractivity contribution >= 4 is 5.91 Å². The average Bonchev–Trinajstić information content (AvgIpc) is 2.61. The number of benzene rings is 2. The van der Waals surface area contributed by atoms with E-state index >= 15 is 0 Å². The monoisotopic (exact) mass is 306 g/mol. The van der Waals surface area contributed by atoms with Crippen molar-refractivity contribution in [3.05, 3.63) is 65.2 Å². The molecule has 0 radical (unpaired) electrons. The minimum atomic E-state index is -0.616. The smallest absolute Gasteiger partial charge is 0.263 e. The summed E-state index contributed by atoms with van der Waals surface area (Å²) in [6.07, 6.45) is 0.249. The summed E-state index contributed by atoms with van der Waals surface area (Å²) in [5.74, 6) is 0.403. The van der Waals surface area contributed by atoms with Crippen molar-refractivity contribution in [1.29, 1.82) is 5.26 Å². The van der Waals surface area contributed by atoms with Crippen molar-refractivity contribution in [1.82, 2.24) is 4.90 Å². The normalized spacial score (nSPS) is 14.5. The van der Waals surface area contributed by atoms with E-state index in [9.17, 15) is 4.79 Å². The number of carbonyl (C=O) groups is 1. The van der Waals surface area contributed by atoms with E-state index in [1.807, 2.05) is 17.0 Å². The third kappa shape index (κ3) is 3.19. The van der Waals surface area contributed by atoms with E-state index in [1.54, 1.807) is 31.2 Å². The molecule has 1 aliphatic rings. The Bertz CT molecular complexity index is 764. The first-order chi connectivity index (χ1) is 11.2. The van der Waals surface area contributed by atoms with Crippen LogP contribution >= 0.6 is 0 Å². The van der Waals surface area contributed by atoms with Gasteiger partial charge in [0.1, 0.15) is 11.8 Å². The minimum Gasteiger partial charge on any atom is -0.480 e. The Kier molecular flexibility index (Phi) is 4.29. The zero-order valence-electron chi connectivity index (χ0n) is 13.0. The van der Waals surface area contributed by atoms with E-state index in [0.29, 0.717) is 24.4 Å². The van der Waals surface area contributed by atoms with Crippen molar-refractivity contribution in [2.45, 2.75) is 26.0 Å². The molecule has 116 valence electrons. The van der Waals surface area contributed by atoms with Crippen LogP contribution in [0.5, 0.6) is 5.75 Å². The van der Waals surface area contributed by atoms with Crippen molar-refractivity contribution < 1.29 is 9.53 Å². The van der Waals surface area contributed by atoms with Crippen LogP contribution in [0.3, 0.4) is 0 Å². The Balaban J connectivity index is 1.70. The maximum atomic E-state index is 12.6. The molecular weight excluding hydrogens is 288 g/mol. The van der Waals surface area contributed by atoms with Crippen LogP contribution in [-0.2, 0) is 17.8 Å². The molecule has 4 heteroatoms. The van der Waals surface area contributed by atoms with Crippen LogP contribution in [0.1, 0.15) is 23.6 Å². The predicted octanol–water partition coefficient (Wildman–Crippen LogP) is 2.91. The molecule has 1 aliphatic heterocycles. The molecule has 0 saturated heterocycles. The fraction of sp³-hybridized carbons (Fsp3) is 0.263. The third-order valence-electron chi connectivity index (χ3n) is 4.10. The van der Waals surface area contributed by atoms with Crippen LogP contribution < -0.4 is 4.74 Å². The van der Waals surface area contributed by atoms with Gasteiger partial charge >= 0.3 is 0 Å². The van der Waals surface area contributed by atoms with Gasteiger partial charge in [-0.05, 0) is 36.6 Å². The van der Waals surface area contributed by atoms with Crippen LogP contribution in [0.4, 0.5) is 0 Å². The molecule has 0 spiro atoms. The first kappa shape index (κ1) is 15.1. The molecule has 0 N–H and O–H groups in total. The fourth-order valence-electron chi connectivity index (χ4n) is 2.84. The molecule has 1 heterocycles. The highest BCUT2D eigenvalue weighted by Crippen LogP contribution is 2.22. The topological polar surface area (TPSA) is 53.3 Å². The molecule has 0 bridgehead atoms. The molecule has 0 saturated carbocycles. The van der Waals surface area contributed by atoms with E-state index in [1.165, 1.54) is 11.1 Å². The maximum absolute atomic E-state index is 12.6. The summed E-state index contributed by atoms with van der Waals surface area (Å²) in [5, 5.41) is 9.10. The lowest BCUT2D eigenvalue weighted by molar-refractivity contribution is -0.138. The minimum absolute atomic E-state index is 0.0488. The number of para-hydroxylation sites is 1. The van der Waals surface area contributed by atoms with Crippen molar-refractivity contribution in [3.63, 3.8) is 0 Å². The van der Waals surface area contributed by atoms with Crippen LogP contribution in [-0.4, -0.2) is 23.5 Å². The van der Waals surface area contributed by atoms with Gasteiger partial charge in [0, 0.05) is 13.1 Å². The van der Waals surface area contributed by atoms with Crippen molar-refractivity contribution in [3.8, 4) is 11.8 Å². The highest BCUT2D eigenvalue weighted by molar-refractivity contribution is 5.81. The van der Waals surface area contributed by atoms with Crippen LogP contribution in [0.15, 0.2) is 48.5 Å². The molecule has 0 fully saturated rings. The van der Waals surface area contributed by atoms with E-state index in [0.717, 1.165) is 6.42 Å². The zero-order chi connectivity index (χ0) is 16.2. The van der Waals surface area contributed by atoms with Gasteiger partial charge in [-0.1, -0.05) is 36.4 Å². The highest BCUT2D eigenvalue weighted by atomic mass is 16.5. The summed E-state index contributed by atoms with van der Waals surface area (Å²) in [5.41, 5.74) is 2.94. The molecule has 1 amide bonds. The van der Waals surface area contributed by atoms with E-state index in [2.05, 4.69) is 18.2 Å². The molecule has 1 unspecified atom stereocenters. The lowest BCUT2D eigenvalue weighted by Gasteiger charge is -2.31. The number of rotatable bonds is 3. The predicted molar refractivity (Wildman–Crippen MR) is 86.8 cm³/mol. The quantitative estimate of drug-likeness (QED) is 0.876. The van der Waals surface area contributed by atoms with Crippen molar-refractivity contribution in [2.24, 2.45) is 0 Å². The Morgan fingerprint density at radius 1 is 1.17 bits per heavy atom. The van der Waals surface area contributed by atoms with Gasteiger partial charge in [-0.3, -0.25) is 4.79 Å². The zero-order valence-corrected chi connectivity index (χ0v) is 13.0. The molecule has 3 rings (SSSR count). The molecule has 0 aliphatic carbocycles. The number of hydrogen-bond acceptors (Lipinski definition) is 3. The molecule has 23 heavy (non-hydrogen) atoms. The molecular formula is C19H18N2O2. The number of nitrogens with zero attached hydrogens (tertiary/aromatic N) is 2. The van der Waals surface area contributed by atoms with Gasteiger partial charge in [-0.2, -0.15) is 5.26 Å². The van der Waals surface area contributed by atoms with Gasteiger partial charge in [-0.15, -0.1) is 0 Å². The lowest BCUT2D eigenvalue weighted by atomic mass is 9.99. The Morgan fingerprint density at radius 3 is 2.65 bits per heavy atom. The maximum Gasteiger partial charge on any atom is 0.263 e. The summed E-state index contributed by atoms with van der Waals surface area (Å²) in [4.78, 5) is 14.5. The second-order valence-corrected chi connectivity index (χ2v) is 5.65. The Labute approximate surface area is 135 Å². The Morgan fingerprint density at radius 2 is 1.87 bits per heavy atom. The van der Waals surface area contributed by atoms with Gasteiger partial charge in [0.25, 0.3) is 5.91 Å². The van der Waals surface area contributed by atoms with Crippen molar-refractivity contribution in [2.75, 3.05) is 6.54 Å². The molecule has 0 aromatic heterocycles. The number of hydrogen-bond donors (Lipinski definition) is 0. The first-order valence-corrected chi connectivity index (χ1v) is 7.70. The Hall–Kier alpha value is -2.80. The van der Waals surface area contributed by atoms with E-state index in [-0.39, 0.29) is 5.91 Å². The highest BCUT2D eigenvalue weighted by Gasteiger charge is 2.26. The number of carbonyl (C=O) groups excluding carboxylic acids is 1. The van der Waals surface area contributed by atoms with Gasteiger partial charge < -0.3 is 9.64 Å². The molecule has 4 nitrogen and oxygen atoms in total. The molecule has 1 atom stereocenters. The SMILES string of the molecule is CC(Oc1ccccc1C#N)C(=O)N1CCc2ccccc2C1. The second-order valence-electron chi connectivity index (χ2n) is 5.65. The van der Waals surface area contributed by atoms with Gasteiger partial charge in [0.2, 0.25) is 0 Å². The number of fused-ring (bicyclic) bond motifs is 1. The van der Waals surface area contributed by atoms with Crippen LogP contribution in [0, 0.1) is 11.3 Å². The summed E-state index contributed by atoms with van der Waals surface area (Å²) in [6.45, 7) is 3.04. The third-order valence-corrected chi connectivity index (χ3v) is 4.10. The number of ether oxygens (including phenoxy) is 1. The second kappa shape index (κ2) is 6.53. The largest absolute Gasteiger partial charge is 0.480 e. The summed E-state index contributed by atoms with van der Waals surface area (Å²) < 4.78 is 5.73. The molecule has 2 aromatic carbocycles. The fourth-order valence-corrected chi connectivity index (χ4v) is 2.84. The first-order valence-electron chi connectivity index (χ1n) is 7.70.